The second-order valence-corrected chi connectivity index (χ2v) is 2.74. The zero-order valence-corrected chi connectivity index (χ0v) is 6.77. The Labute approximate surface area is 76.0 Å². The Balaban J connectivity index is 3.07. The second kappa shape index (κ2) is 2.87. The highest BCUT2D eigenvalue weighted by Crippen LogP contribution is 2.18. The lowest BCUT2D eigenvalue weighted by Gasteiger charge is -2.00. The molecule has 0 radical (unpaired) electrons. The van der Waals surface area contributed by atoms with Crippen LogP contribution < -0.4 is 5.56 Å². The van der Waals surface area contributed by atoms with Gasteiger partial charge < -0.3 is 4.98 Å². The highest BCUT2D eigenvalue weighted by atomic mass is 19.2. The van der Waals surface area contributed by atoms with Crippen molar-refractivity contribution in [2.45, 2.75) is 0 Å². The van der Waals surface area contributed by atoms with Gasteiger partial charge in [0.1, 0.15) is 5.82 Å². The predicted molar refractivity (Wildman–Crippen MR) is 44.4 cm³/mol. The molecular weight excluding hydrogens is 195 g/mol. The molecule has 72 valence electrons. The SMILES string of the molecule is O=c1[nH]c2cccc(F)c2c(F)c1F. The van der Waals surface area contributed by atoms with Crippen LogP contribution in [0.1, 0.15) is 0 Å². The van der Waals surface area contributed by atoms with Gasteiger partial charge in [-0.3, -0.25) is 4.79 Å². The van der Waals surface area contributed by atoms with Crippen molar-refractivity contribution in [2.75, 3.05) is 0 Å². The van der Waals surface area contributed by atoms with E-state index in [0.29, 0.717) is 0 Å². The lowest BCUT2D eigenvalue weighted by Crippen LogP contribution is -2.13. The quantitative estimate of drug-likeness (QED) is 0.691. The monoisotopic (exact) mass is 199 g/mol. The van der Waals surface area contributed by atoms with Gasteiger partial charge in [-0.1, -0.05) is 6.07 Å². The average Bonchev–Trinajstić information content (AvgIpc) is 2.14. The van der Waals surface area contributed by atoms with Gasteiger partial charge in [-0.15, -0.1) is 0 Å². The number of fused-ring (bicyclic) bond motifs is 1. The molecule has 0 amide bonds. The molecule has 2 rings (SSSR count). The zero-order valence-electron chi connectivity index (χ0n) is 6.77. The molecule has 1 heterocycles. The van der Waals surface area contributed by atoms with Crippen molar-refractivity contribution in [1.29, 1.82) is 0 Å². The minimum atomic E-state index is -1.59. The van der Waals surface area contributed by atoms with Gasteiger partial charge in [-0.2, -0.15) is 4.39 Å². The number of aromatic nitrogens is 1. The molecule has 0 aliphatic rings. The summed E-state index contributed by atoms with van der Waals surface area (Å²) in [7, 11) is 0. The molecule has 1 N–H and O–H groups in total. The Bertz CT molecular complexity index is 562. The fraction of sp³-hybridized carbons (Fsp3) is 0. The largest absolute Gasteiger partial charge is 0.319 e. The molecular formula is C9H4F3NO. The maximum atomic E-state index is 13.1. The second-order valence-electron chi connectivity index (χ2n) is 2.74. The minimum Gasteiger partial charge on any atom is -0.319 e. The predicted octanol–water partition coefficient (Wildman–Crippen LogP) is 1.95. The van der Waals surface area contributed by atoms with Crippen LogP contribution in [0.15, 0.2) is 23.0 Å². The Hall–Kier alpha value is -1.78. The van der Waals surface area contributed by atoms with Crippen LogP contribution in [0.5, 0.6) is 0 Å². The van der Waals surface area contributed by atoms with Gasteiger partial charge in [-0.05, 0) is 12.1 Å². The molecule has 0 aliphatic carbocycles. The van der Waals surface area contributed by atoms with Gasteiger partial charge in [0.05, 0.1) is 10.9 Å². The number of rotatable bonds is 0. The number of hydrogen-bond donors (Lipinski definition) is 1. The van der Waals surface area contributed by atoms with E-state index < -0.39 is 28.4 Å². The summed E-state index contributed by atoms with van der Waals surface area (Å²) in [5.74, 6) is -3.96. The first kappa shape index (κ1) is 8.80. The van der Waals surface area contributed by atoms with Crippen LogP contribution >= 0.6 is 0 Å². The highest BCUT2D eigenvalue weighted by molar-refractivity contribution is 5.79. The summed E-state index contributed by atoms with van der Waals surface area (Å²) in [6, 6.07) is 3.58. The molecule has 1 aromatic heterocycles. The summed E-state index contributed by atoms with van der Waals surface area (Å²) in [6.07, 6.45) is 0. The standard InChI is InChI=1S/C9H4F3NO/c10-4-2-1-3-5-6(4)7(11)8(12)9(14)13-5/h1-3H,(H,13,14). The number of hydrogen-bond acceptors (Lipinski definition) is 1. The number of pyridine rings is 1. The van der Waals surface area contributed by atoms with Gasteiger partial charge in [0.2, 0.25) is 5.82 Å². The van der Waals surface area contributed by atoms with Crippen LogP contribution in [0.25, 0.3) is 10.9 Å². The third-order valence-electron chi connectivity index (χ3n) is 1.87. The summed E-state index contributed by atoms with van der Waals surface area (Å²) >= 11 is 0. The lowest BCUT2D eigenvalue weighted by molar-refractivity contribution is 0.500. The maximum Gasteiger partial charge on any atom is 0.287 e. The van der Waals surface area contributed by atoms with Crippen LogP contribution in [0.4, 0.5) is 13.2 Å². The summed E-state index contributed by atoms with van der Waals surface area (Å²) in [5.41, 5.74) is -1.26. The molecule has 0 unspecified atom stereocenters. The number of H-pyrrole nitrogens is 1. The lowest BCUT2D eigenvalue weighted by atomic mass is 10.2. The van der Waals surface area contributed by atoms with Gasteiger partial charge in [0.15, 0.2) is 5.82 Å². The van der Waals surface area contributed by atoms with Crippen LogP contribution in [-0.4, -0.2) is 4.98 Å². The molecule has 0 fully saturated rings. The third kappa shape index (κ3) is 1.09. The molecule has 0 atom stereocenters. The number of nitrogens with one attached hydrogen (secondary N) is 1. The van der Waals surface area contributed by atoms with Gasteiger partial charge >= 0.3 is 0 Å². The van der Waals surface area contributed by atoms with Crippen LogP contribution in [-0.2, 0) is 0 Å². The normalized spacial score (nSPS) is 10.8. The van der Waals surface area contributed by atoms with Crippen LogP contribution in [0, 0.1) is 17.5 Å². The molecule has 5 heteroatoms. The van der Waals surface area contributed by atoms with E-state index >= 15 is 0 Å². The van der Waals surface area contributed by atoms with Crippen LogP contribution in [0.3, 0.4) is 0 Å². The number of aromatic amines is 1. The van der Waals surface area contributed by atoms with Crippen molar-refractivity contribution in [1.82, 2.24) is 4.98 Å². The van der Waals surface area contributed by atoms with E-state index in [-0.39, 0.29) is 5.52 Å². The van der Waals surface area contributed by atoms with E-state index in [1.165, 1.54) is 12.1 Å². The minimum absolute atomic E-state index is 0.0612. The van der Waals surface area contributed by atoms with E-state index in [0.717, 1.165) is 6.07 Å². The van der Waals surface area contributed by atoms with Crippen molar-refractivity contribution in [3.8, 4) is 0 Å². The highest BCUT2D eigenvalue weighted by Gasteiger charge is 2.14. The Kier molecular flexibility index (Phi) is 1.80. The molecule has 2 aromatic rings. The molecule has 0 saturated carbocycles. The Morgan fingerprint density at radius 1 is 1.07 bits per heavy atom. The van der Waals surface area contributed by atoms with E-state index in [1.807, 2.05) is 4.98 Å². The van der Waals surface area contributed by atoms with Crippen LogP contribution in [0.2, 0.25) is 0 Å². The average molecular weight is 199 g/mol. The maximum absolute atomic E-state index is 13.1. The van der Waals surface area contributed by atoms with Crippen molar-refractivity contribution in [3.63, 3.8) is 0 Å². The van der Waals surface area contributed by atoms with E-state index in [2.05, 4.69) is 0 Å². The van der Waals surface area contributed by atoms with Crippen molar-refractivity contribution in [3.05, 3.63) is 46.0 Å². The van der Waals surface area contributed by atoms with Gasteiger partial charge in [-0.25, -0.2) is 8.78 Å². The first-order valence-corrected chi connectivity index (χ1v) is 3.77. The Morgan fingerprint density at radius 2 is 1.79 bits per heavy atom. The van der Waals surface area contributed by atoms with E-state index in [4.69, 9.17) is 0 Å². The fourth-order valence-electron chi connectivity index (χ4n) is 1.24. The summed E-state index contributed by atoms with van der Waals surface area (Å²) in [4.78, 5) is 12.8. The molecule has 2 nitrogen and oxygen atoms in total. The van der Waals surface area contributed by atoms with Crippen molar-refractivity contribution in [2.24, 2.45) is 0 Å². The van der Waals surface area contributed by atoms with Crippen molar-refractivity contribution < 1.29 is 13.2 Å². The summed E-state index contributed by atoms with van der Waals surface area (Å²) in [6.45, 7) is 0. The molecule has 0 saturated heterocycles. The smallest absolute Gasteiger partial charge is 0.287 e. The first-order valence-electron chi connectivity index (χ1n) is 3.77. The molecule has 0 spiro atoms. The van der Waals surface area contributed by atoms with Gasteiger partial charge in [0, 0.05) is 0 Å². The number of benzene rings is 1. The first-order chi connectivity index (χ1) is 6.61. The van der Waals surface area contributed by atoms with E-state index in [1.54, 1.807) is 0 Å². The summed E-state index contributed by atoms with van der Waals surface area (Å²) < 4.78 is 38.9. The molecule has 0 bridgehead atoms. The topological polar surface area (TPSA) is 32.9 Å². The van der Waals surface area contributed by atoms with E-state index in [9.17, 15) is 18.0 Å². The fourth-order valence-corrected chi connectivity index (χ4v) is 1.24. The van der Waals surface area contributed by atoms with Crippen molar-refractivity contribution >= 4 is 10.9 Å². The molecule has 0 aliphatic heterocycles. The zero-order chi connectivity index (χ0) is 10.3. The number of halogens is 3. The Morgan fingerprint density at radius 3 is 2.50 bits per heavy atom. The van der Waals surface area contributed by atoms with Gasteiger partial charge in [0.25, 0.3) is 5.56 Å². The molecule has 14 heavy (non-hydrogen) atoms. The molecule has 1 aromatic carbocycles. The summed E-state index contributed by atoms with van der Waals surface area (Å²) in [5, 5.41) is -0.537. The third-order valence-corrected chi connectivity index (χ3v) is 1.87.